The third-order valence-electron chi connectivity index (χ3n) is 3.03. The Kier molecular flexibility index (Phi) is 5.08. The molecule has 7 heteroatoms. The van der Waals surface area contributed by atoms with Crippen molar-refractivity contribution in [3.05, 3.63) is 24.2 Å². The maximum Gasteiger partial charge on any atom is 0.249 e. The van der Waals surface area contributed by atoms with Crippen LogP contribution in [0.15, 0.2) is 22.9 Å². The molecule has 2 aromatic rings. The minimum absolute atomic E-state index is 0.129. The quantitative estimate of drug-likeness (QED) is 0.881. The highest BCUT2D eigenvalue weighted by molar-refractivity contribution is 5.73. The van der Waals surface area contributed by atoms with E-state index in [1.807, 2.05) is 0 Å². The second kappa shape index (κ2) is 7.02. The molecule has 0 bridgehead atoms. The van der Waals surface area contributed by atoms with Gasteiger partial charge >= 0.3 is 0 Å². The summed E-state index contributed by atoms with van der Waals surface area (Å²) in [4.78, 5) is 19.8. The van der Waals surface area contributed by atoms with E-state index in [9.17, 15) is 4.79 Å². The van der Waals surface area contributed by atoms with Gasteiger partial charge in [-0.1, -0.05) is 19.0 Å². The molecule has 2 rings (SSSR count). The highest BCUT2D eigenvalue weighted by atomic mass is 16.5. The maximum absolute atomic E-state index is 11.3. The molecule has 0 saturated carbocycles. The molecule has 7 nitrogen and oxygen atoms in total. The van der Waals surface area contributed by atoms with E-state index in [0.29, 0.717) is 23.5 Å². The summed E-state index contributed by atoms with van der Waals surface area (Å²) in [6.45, 7) is 5.61. The van der Waals surface area contributed by atoms with Gasteiger partial charge in [0.2, 0.25) is 23.5 Å². The largest absolute Gasteiger partial charge is 0.481 e. The molecule has 0 saturated heterocycles. The van der Waals surface area contributed by atoms with E-state index in [1.54, 1.807) is 25.4 Å². The number of ether oxygens (including phenoxy) is 1. The van der Waals surface area contributed by atoms with Gasteiger partial charge in [0.05, 0.1) is 7.11 Å². The summed E-state index contributed by atoms with van der Waals surface area (Å²) in [5.74, 6) is 1.57. The lowest BCUT2D eigenvalue weighted by atomic mass is 10.0. The van der Waals surface area contributed by atoms with Crippen molar-refractivity contribution in [3.8, 4) is 17.3 Å². The van der Waals surface area contributed by atoms with Gasteiger partial charge in [0, 0.05) is 24.8 Å². The first-order valence-electron chi connectivity index (χ1n) is 7.10. The van der Waals surface area contributed by atoms with E-state index in [-0.39, 0.29) is 11.9 Å². The number of pyridine rings is 1. The molecule has 1 N–H and O–H groups in total. The summed E-state index contributed by atoms with van der Waals surface area (Å²) in [5, 5.41) is 6.82. The van der Waals surface area contributed by atoms with E-state index in [2.05, 4.69) is 34.3 Å². The number of methoxy groups -OCH3 is 1. The average molecular weight is 304 g/mol. The summed E-state index contributed by atoms with van der Waals surface area (Å²) in [5.41, 5.74) is 0.743. The number of amides is 1. The third-order valence-corrected chi connectivity index (χ3v) is 3.03. The Morgan fingerprint density at radius 2 is 2.23 bits per heavy atom. The first-order valence-corrected chi connectivity index (χ1v) is 7.10. The molecule has 0 radical (unpaired) electrons. The Bertz CT molecular complexity index is 639. The van der Waals surface area contributed by atoms with Crippen LogP contribution in [0.5, 0.6) is 5.88 Å². The van der Waals surface area contributed by atoms with Gasteiger partial charge in [-0.15, -0.1) is 0 Å². The van der Waals surface area contributed by atoms with Crippen molar-refractivity contribution in [2.24, 2.45) is 5.92 Å². The van der Waals surface area contributed by atoms with Crippen molar-refractivity contribution in [2.75, 3.05) is 7.11 Å². The van der Waals surface area contributed by atoms with E-state index < -0.39 is 0 Å². The van der Waals surface area contributed by atoms with Crippen molar-refractivity contribution in [2.45, 2.75) is 33.2 Å². The number of hydrogen-bond acceptors (Lipinski definition) is 6. The van der Waals surface area contributed by atoms with Crippen LogP contribution in [-0.4, -0.2) is 28.1 Å². The van der Waals surface area contributed by atoms with Crippen molar-refractivity contribution >= 4 is 5.91 Å². The molecule has 0 spiro atoms. The fraction of sp³-hybridized carbons (Fsp3) is 0.467. The van der Waals surface area contributed by atoms with Crippen LogP contribution in [0.3, 0.4) is 0 Å². The minimum atomic E-state index is -0.289. The van der Waals surface area contributed by atoms with E-state index in [0.717, 1.165) is 12.0 Å². The topological polar surface area (TPSA) is 90.1 Å². The van der Waals surface area contributed by atoms with Crippen LogP contribution < -0.4 is 10.1 Å². The zero-order valence-corrected chi connectivity index (χ0v) is 13.2. The van der Waals surface area contributed by atoms with Gasteiger partial charge in [0.25, 0.3) is 0 Å². The molecule has 1 amide bonds. The molecule has 0 aliphatic rings. The first-order chi connectivity index (χ1) is 10.5. The van der Waals surface area contributed by atoms with Gasteiger partial charge in [0.15, 0.2) is 0 Å². The van der Waals surface area contributed by atoms with E-state index >= 15 is 0 Å². The Morgan fingerprint density at radius 1 is 1.45 bits per heavy atom. The van der Waals surface area contributed by atoms with Crippen LogP contribution in [0.25, 0.3) is 11.4 Å². The maximum atomic E-state index is 11.3. The number of nitrogens with one attached hydrogen (secondary N) is 1. The summed E-state index contributed by atoms with van der Waals surface area (Å²) in [7, 11) is 1.54. The van der Waals surface area contributed by atoms with Crippen molar-refractivity contribution in [3.63, 3.8) is 0 Å². The van der Waals surface area contributed by atoms with Crippen molar-refractivity contribution in [1.82, 2.24) is 20.4 Å². The van der Waals surface area contributed by atoms with Gasteiger partial charge < -0.3 is 14.6 Å². The van der Waals surface area contributed by atoms with Crippen LogP contribution in [0.4, 0.5) is 0 Å². The van der Waals surface area contributed by atoms with Gasteiger partial charge in [0.1, 0.15) is 6.04 Å². The second-order valence-corrected chi connectivity index (χ2v) is 5.43. The molecular weight excluding hydrogens is 284 g/mol. The standard InChI is InChI=1S/C15H20N4O3/c1-9(2)7-12(17-10(3)20)15-18-14(19-22-15)11-5-6-16-13(8-11)21-4/h5-6,8-9,12H,7H2,1-4H3,(H,17,20)/t12-/m0/s1. The van der Waals surface area contributed by atoms with Gasteiger partial charge in [-0.25, -0.2) is 4.98 Å². The number of rotatable bonds is 6. The molecular formula is C15H20N4O3. The lowest BCUT2D eigenvalue weighted by Crippen LogP contribution is -2.27. The Morgan fingerprint density at radius 3 is 2.86 bits per heavy atom. The SMILES string of the molecule is COc1cc(-c2noc([C@H](CC(C)C)NC(C)=O)n2)ccn1. The predicted octanol–water partition coefficient (Wildman–Crippen LogP) is 2.36. The fourth-order valence-electron chi connectivity index (χ4n) is 2.09. The van der Waals surface area contributed by atoms with Crippen LogP contribution in [-0.2, 0) is 4.79 Å². The molecule has 118 valence electrons. The fourth-order valence-corrected chi connectivity index (χ4v) is 2.09. The lowest BCUT2D eigenvalue weighted by Gasteiger charge is -2.15. The van der Waals surface area contributed by atoms with Crippen LogP contribution in [0, 0.1) is 5.92 Å². The van der Waals surface area contributed by atoms with Crippen molar-refractivity contribution < 1.29 is 14.1 Å². The van der Waals surface area contributed by atoms with Gasteiger partial charge in [-0.3, -0.25) is 4.79 Å². The van der Waals surface area contributed by atoms with Crippen LogP contribution >= 0.6 is 0 Å². The highest BCUT2D eigenvalue weighted by Crippen LogP contribution is 2.24. The number of carbonyl (C=O) groups is 1. The molecule has 2 heterocycles. The normalized spacial score (nSPS) is 12.2. The number of nitrogens with zero attached hydrogens (tertiary/aromatic N) is 3. The molecule has 0 fully saturated rings. The highest BCUT2D eigenvalue weighted by Gasteiger charge is 2.21. The molecule has 0 aromatic carbocycles. The Hall–Kier alpha value is -2.44. The second-order valence-electron chi connectivity index (χ2n) is 5.43. The third kappa shape index (κ3) is 4.03. The Balaban J connectivity index is 2.25. The van der Waals surface area contributed by atoms with Crippen LogP contribution in [0.2, 0.25) is 0 Å². The zero-order chi connectivity index (χ0) is 16.1. The lowest BCUT2D eigenvalue weighted by molar-refractivity contribution is -0.120. The van der Waals surface area contributed by atoms with Gasteiger partial charge in [-0.2, -0.15) is 4.98 Å². The molecule has 1 atom stereocenters. The van der Waals surface area contributed by atoms with Crippen molar-refractivity contribution in [1.29, 1.82) is 0 Å². The number of carbonyl (C=O) groups excluding carboxylic acids is 1. The average Bonchev–Trinajstić information content (AvgIpc) is 2.95. The van der Waals surface area contributed by atoms with Crippen LogP contribution in [0.1, 0.15) is 39.1 Å². The Labute approximate surface area is 129 Å². The summed E-state index contributed by atoms with van der Waals surface area (Å²) in [6.07, 6.45) is 2.34. The summed E-state index contributed by atoms with van der Waals surface area (Å²) < 4.78 is 10.4. The van der Waals surface area contributed by atoms with Gasteiger partial charge in [-0.05, 0) is 18.4 Å². The predicted molar refractivity (Wildman–Crippen MR) is 80.1 cm³/mol. The number of aromatic nitrogens is 3. The first kappa shape index (κ1) is 15.9. The zero-order valence-electron chi connectivity index (χ0n) is 13.2. The molecule has 2 aromatic heterocycles. The summed E-state index contributed by atoms with van der Waals surface area (Å²) >= 11 is 0. The summed E-state index contributed by atoms with van der Waals surface area (Å²) in [6, 6.07) is 3.21. The molecule has 0 aliphatic carbocycles. The van der Waals surface area contributed by atoms with E-state index in [1.165, 1.54) is 6.92 Å². The molecule has 22 heavy (non-hydrogen) atoms. The minimum Gasteiger partial charge on any atom is -0.481 e. The smallest absolute Gasteiger partial charge is 0.249 e. The number of hydrogen-bond donors (Lipinski definition) is 1. The monoisotopic (exact) mass is 304 g/mol. The molecule has 0 unspecified atom stereocenters. The molecule has 0 aliphatic heterocycles. The van der Waals surface area contributed by atoms with E-state index in [4.69, 9.17) is 9.26 Å².